The van der Waals surface area contributed by atoms with Crippen LogP contribution in [0.15, 0.2) is 60.7 Å². The van der Waals surface area contributed by atoms with Gasteiger partial charge in [0.15, 0.2) is 24.0 Å². The first-order valence-corrected chi connectivity index (χ1v) is 9.83. The molecule has 2 fully saturated rings. The van der Waals surface area contributed by atoms with Gasteiger partial charge < -0.3 is 23.7 Å². The molecule has 2 aliphatic rings. The molecule has 2 aromatic carbocycles. The van der Waals surface area contributed by atoms with Gasteiger partial charge in [-0.1, -0.05) is 60.7 Å². The van der Waals surface area contributed by atoms with E-state index in [0.717, 1.165) is 11.1 Å². The largest absolute Gasteiger partial charge is 0.369 e. The topological polar surface area (TPSA) is 63.2 Å². The van der Waals surface area contributed by atoms with E-state index in [0.29, 0.717) is 13.2 Å². The van der Waals surface area contributed by atoms with Crippen LogP contribution in [0.5, 0.6) is 0 Å². The molecule has 4 atom stereocenters. The molecule has 0 radical (unpaired) electrons. The molecule has 0 unspecified atom stereocenters. The Balaban J connectivity index is 1.39. The third-order valence-corrected chi connectivity index (χ3v) is 4.95. The van der Waals surface area contributed by atoms with Crippen LogP contribution in [0.4, 0.5) is 0 Å². The Bertz CT molecular complexity index is 807. The molecule has 2 aliphatic heterocycles. The van der Waals surface area contributed by atoms with Gasteiger partial charge in [0.05, 0.1) is 13.2 Å². The van der Waals surface area contributed by atoms with E-state index in [4.69, 9.17) is 23.7 Å². The summed E-state index contributed by atoms with van der Waals surface area (Å²) in [5, 5.41) is 0. The van der Waals surface area contributed by atoms with Gasteiger partial charge >= 0.3 is 0 Å². The molecule has 0 N–H and O–H groups in total. The minimum Gasteiger partial charge on any atom is -0.369 e. The summed E-state index contributed by atoms with van der Waals surface area (Å²) in [5.41, 5.74) is 2.02. The highest BCUT2D eigenvalue weighted by Crippen LogP contribution is 2.39. The lowest BCUT2D eigenvalue weighted by atomic mass is 10.1. The number of ether oxygens (including phenoxy) is 5. The predicted octanol–water partition coefficient (Wildman–Crippen LogP) is 3.23. The van der Waals surface area contributed by atoms with Crippen molar-refractivity contribution in [1.82, 2.24) is 0 Å². The van der Waals surface area contributed by atoms with Crippen LogP contribution in [0, 0.1) is 0 Å². The minimum atomic E-state index is -0.791. The SMILES string of the molecule is CC1(C)O[C@H]2O[C@H](C(=O)COCc3ccccc3)[C@@H](OCc3ccccc3)[C@H]2O1. The zero-order valence-electron chi connectivity index (χ0n) is 16.7. The lowest BCUT2D eigenvalue weighted by Gasteiger charge is -2.25. The van der Waals surface area contributed by atoms with Crippen molar-refractivity contribution in [2.45, 2.75) is 57.5 Å². The maximum atomic E-state index is 12.8. The van der Waals surface area contributed by atoms with Crippen LogP contribution >= 0.6 is 0 Å². The number of benzene rings is 2. The normalized spacial score (nSPS) is 27.7. The fourth-order valence-corrected chi connectivity index (χ4v) is 3.61. The molecule has 29 heavy (non-hydrogen) atoms. The van der Waals surface area contributed by atoms with Crippen LogP contribution in [0.2, 0.25) is 0 Å². The minimum absolute atomic E-state index is 0.0619. The highest BCUT2D eigenvalue weighted by molar-refractivity contribution is 5.85. The zero-order valence-corrected chi connectivity index (χ0v) is 16.7. The number of ketones is 1. The summed E-state index contributed by atoms with van der Waals surface area (Å²) in [7, 11) is 0. The summed E-state index contributed by atoms with van der Waals surface area (Å²) in [4.78, 5) is 12.8. The molecule has 0 bridgehead atoms. The lowest BCUT2D eigenvalue weighted by Crippen LogP contribution is -2.42. The number of hydrogen-bond donors (Lipinski definition) is 0. The Morgan fingerprint density at radius 1 is 0.931 bits per heavy atom. The molecule has 2 aromatic rings. The van der Waals surface area contributed by atoms with Crippen LogP contribution in [-0.2, 0) is 41.7 Å². The molecule has 0 aromatic heterocycles. The van der Waals surface area contributed by atoms with Crippen molar-refractivity contribution in [3.05, 3.63) is 71.8 Å². The number of Topliss-reactive ketones (excluding diaryl/α,β-unsaturated/α-hetero) is 1. The molecule has 2 heterocycles. The van der Waals surface area contributed by atoms with Crippen molar-refractivity contribution in [2.75, 3.05) is 6.61 Å². The van der Waals surface area contributed by atoms with Gasteiger partial charge in [0, 0.05) is 0 Å². The van der Waals surface area contributed by atoms with Crippen LogP contribution in [0.25, 0.3) is 0 Å². The van der Waals surface area contributed by atoms with Gasteiger partial charge in [-0.15, -0.1) is 0 Å². The maximum Gasteiger partial charge on any atom is 0.190 e. The van der Waals surface area contributed by atoms with Crippen LogP contribution in [-0.4, -0.2) is 42.8 Å². The number of fused-ring (bicyclic) bond motifs is 1. The Morgan fingerprint density at radius 2 is 1.55 bits per heavy atom. The zero-order chi connectivity index (χ0) is 20.3. The molecule has 0 spiro atoms. The average molecular weight is 398 g/mol. The van der Waals surface area contributed by atoms with Gasteiger partial charge in [0.1, 0.15) is 18.8 Å². The second kappa shape index (κ2) is 8.73. The van der Waals surface area contributed by atoms with Gasteiger partial charge in [0.25, 0.3) is 0 Å². The Morgan fingerprint density at radius 3 is 2.21 bits per heavy atom. The van der Waals surface area contributed by atoms with Gasteiger partial charge in [-0.3, -0.25) is 4.79 Å². The van der Waals surface area contributed by atoms with Crippen molar-refractivity contribution in [3.8, 4) is 0 Å². The molecule has 4 rings (SSSR count). The Hall–Kier alpha value is -2.09. The molecule has 0 saturated carbocycles. The summed E-state index contributed by atoms with van der Waals surface area (Å²) in [5.74, 6) is -0.958. The summed E-state index contributed by atoms with van der Waals surface area (Å²) < 4.78 is 29.3. The summed E-state index contributed by atoms with van der Waals surface area (Å²) in [6.45, 7) is 4.30. The highest BCUT2D eigenvalue weighted by Gasteiger charge is 2.57. The van der Waals surface area contributed by atoms with E-state index in [1.54, 1.807) is 0 Å². The summed E-state index contributed by atoms with van der Waals surface area (Å²) >= 11 is 0. The quantitative estimate of drug-likeness (QED) is 0.680. The molecule has 6 nitrogen and oxygen atoms in total. The van der Waals surface area contributed by atoms with Gasteiger partial charge in [-0.25, -0.2) is 0 Å². The van der Waals surface area contributed by atoms with Gasteiger partial charge in [-0.2, -0.15) is 0 Å². The summed E-state index contributed by atoms with van der Waals surface area (Å²) in [6.07, 6.45) is -2.44. The van der Waals surface area contributed by atoms with E-state index < -0.39 is 30.4 Å². The smallest absolute Gasteiger partial charge is 0.190 e. The summed E-state index contributed by atoms with van der Waals surface area (Å²) in [6, 6.07) is 19.5. The second-order valence-electron chi connectivity index (χ2n) is 7.73. The third-order valence-electron chi connectivity index (χ3n) is 4.95. The Kier molecular flexibility index (Phi) is 6.08. The number of hydrogen-bond acceptors (Lipinski definition) is 6. The molecule has 2 saturated heterocycles. The van der Waals surface area contributed by atoms with E-state index in [9.17, 15) is 4.79 Å². The van der Waals surface area contributed by atoms with Crippen LogP contribution in [0.3, 0.4) is 0 Å². The number of carbonyl (C=O) groups is 1. The van der Waals surface area contributed by atoms with Crippen LogP contribution in [0.1, 0.15) is 25.0 Å². The molecule has 0 amide bonds. The molecule has 6 heteroatoms. The monoisotopic (exact) mass is 398 g/mol. The van der Waals surface area contributed by atoms with Crippen molar-refractivity contribution in [1.29, 1.82) is 0 Å². The second-order valence-corrected chi connectivity index (χ2v) is 7.73. The maximum absolute atomic E-state index is 12.8. The van der Waals surface area contributed by atoms with Crippen molar-refractivity contribution >= 4 is 5.78 Å². The van der Waals surface area contributed by atoms with E-state index >= 15 is 0 Å². The van der Waals surface area contributed by atoms with Crippen molar-refractivity contribution in [3.63, 3.8) is 0 Å². The number of rotatable bonds is 8. The fourth-order valence-electron chi connectivity index (χ4n) is 3.61. The van der Waals surface area contributed by atoms with Crippen molar-refractivity contribution in [2.24, 2.45) is 0 Å². The van der Waals surface area contributed by atoms with Gasteiger partial charge in [0.2, 0.25) is 0 Å². The Labute approximate surface area is 170 Å². The molecule has 154 valence electrons. The van der Waals surface area contributed by atoms with Crippen molar-refractivity contribution < 1.29 is 28.5 Å². The predicted molar refractivity (Wildman–Crippen MR) is 105 cm³/mol. The van der Waals surface area contributed by atoms with E-state index in [1.165, 1.54) is 0 Å². The first-order valence-electron chi connectivity index (χ1n) is 9.83. The first kappa shape index (κ1) is 20.2. The van der Waals surface area contributed by atoms with Gasteiger partial charge in [-0.05, 0) is 25.0 Å². The highest BCUT2D eigenvalue weighted by atomic mass is 16.8. The fraction of sp³-hybridized carbons (Fsp3) is 0.435. The van der Waals surface area contributed by atoms with E-state index in [-0.39, 0.29) is 12.4 Å². The van der Waals surface area contributed by atoms with E-state index in [2.05, 4.69) is 0 Å². The van der Waals surface area contributed by atoms with Crippen LogP contribution < -0.4 is 0 Å². The standard InChI is InChI=1S/C23H26O6/c1-23(2)28-21-20(26-14-17-11-7-4-8-12-17)19(27-22(21)29-23)18(24)15-25-13-16-9-5-3-6-10-16/h3-12,19-22H,13-15H2,1-2H3/t19-,20-,21-,22-/m1/s1. The number of carbonyl (C=O) groups excluding carboxylic acids is 1. The van der Waals surface area contributed by atoms with E-state index in [1.807, 2.05) is 74.5 Å². The molecule has 0 aliphatic carbocycles. The molecular formula is C23H26O6. The first-order chi connectivity index (χ1) is 14.0. The third kappa shape index (κ3) is 4.91. The average Bonchev–Trinajstić information content (AvgIpc) is 3.19. The molecular weight excluding hydrogens is 372 g/mol. The lowest BCUT2D eigenvalue weighted by molar-refractivity contribution is -0.219.